The lowest BCUT2D eigenvalue weighted by atomic mass is 9.85. The van der Waals surface area contributed by atoms with Gasteiger partial charge in [-0.2, -0.15) is 0 Å². The van der Waals surface area contributed by atoms with Gasteiger partial charge >= 0.3 is 0 Å². The number of rotatable bonds is 6. The molecule has 1 aromatic carbocycles. The Labute approximate surface area is 146 Å². The van der Waals surface area contributed by atoms with Crippen LogP contribution in [0.1, 0.15) is 76.4 Å². The molecule has 0 spiro atoms. The van der Waals surface area contributed by atoms with Gasteiger partial charge in [0.1, 0.15) is 5.75 Å². The number of hydrogen-bond donors (Lipinski definition) is 2. The van der Waals surface area contributed by atoms with Crippen LogP contribution in [0, 0.1) is 5.92 Å². The van der Waals surface area contributed by atoms with E-state index in [9.17, 15) is 5.11 Å². The van der Waals surface area contributed by atoms with E-state index in [2.05, 4.69) is 5.32 Å². The molecule has 134 valence electrons. The quantitative estimate of drug-likeness (QED) is 0.800. The van der Waals surface area contributed by atoms with Gasteiger partial charge in [-0.3, -0.25) is 0 Å². The van der Waals surface area contributed by atoms with Gasteiger partial charge in [0.05, 0.1) is 12.7 Å². The summed E-state index contributed by atoms with van der Waals surface area (Å²) in [7, 11) is 0. The second-order valence-electron chi connectivity index (χ2n) is 7.78. The number of benzene rings is 1. The molecule has 1 atom stereocenters. The minimum Gasteiger partial charge on any atom is -0.493 e. The van der Waals surface area contributed by atoms with Crippen molar-refractivity contribution >= 4 is 0 Å². The van der Waals surface area contributed by atoms with Crippen LogP contribution in [0.25, 0.3) is 0 Å². The van der Waals surface area contributed by atoms with E-state index in [1.165, 1.54) is 57.8 Å². The van der Waals surface area contributed by atoms with Gasteiger partial charge in [0.2, 0.25) is 0 Å². The van der Waals surface area contributed by atoms with Crippen LogP contribution in [-0.4, -0.2) is 23.8 Å². The lowest BCUT2D eigenvalue weighted by Crippen LogP contribution is -2.41. The Bertz CT molecular complexity index is 471. The molecule has 0 aromatic heterocycles. The van der Waals surface area contributed by atoms with Crippen LogP contribution in [0.3, 0.4) is 0 Å². The highest BCUT2D eigenvalue weighted by Crippen LogP contribution is 2.27. The number of hydrogen-bond acceptors (Lipinski definition) is 3. The summed E-state index contributed by atoms with van der Waals surface area (Å²) < 4.78 is 5.96. The first-order valence-electron chi connectivity index (χ1n) is 9.87. The molecule has 3 rings (SSSR count). The predicted molar refractivity (Wildman–Crippen MR) is 98.3 cm³/mol. The summed E-state index contributed by atoms with van der Waals surface area (Å²) in [6, 6.07) is 9.35. The first-order chi connectivity index (χ1) is 11.7. The van der Waals surface area contributed by atoms with E-state index in [4.69, 9.17) is 4.74 Å². The van der Waals surface area contributed by atoms with Gasteiger partial charge in [0.15, 0.2) is 0 Å². The fourth-order valence-electron chi connectivity index (χ4n) is 4.16. The highest BCUT2D eigenvalue weighted by Gasteiger charge is 2.24. The van der Waals surface area contributed by atoms with Gasteiger partial charge in [-0.15, -0.1) is 0 Å². The van der Waals surface area contributed by atoms with Gasteiger partial charge < -0.3 is 15.2 Å². The molecule has 2 N–H and O–H groups in total. The van der Waals surface area contributed by atoms with E-state index < -0.39 is 6.10 Å². The van der Waals surface area contributed by atoms with Crippen LogP contribution in [0.5, 0.6) is 5.75 Å². The summed E-state index contributed by atoms with van der Waals surface area (Å²) in [6.07, 6.45) is 11.7. The highest BCUT2D eigenvalue weighted by molar-refractivity contribution is 5.28. The van der Waals surface area contributed by atoms with Crippen LogP contribution < -0.4 is 10.1 Å². The van der Waals surface area contributed by atoms with Crippen molar-refractivity contribution in [3.8, 4) is 5.75 Å². The Hall–Kier alpha value is -1.06. The maximum absolute atomic E-state index is 9.54. The summed E-state index contributed by atoms with van der Waals surface area (Å²) in [5.41, 5.74) is 0.941. The molecule has 24 heavy (non-hydrogen) atoms. The third kappa shape index (κ3) is 5.22. The molecule has 0 amide bonds. The van der Waals surface area contributed by atoms with E-state index in [0.717, 1.165) is 30.0 Å². The molecule has 0 radical (unpaired) electrons. The molecule has 2 aliphatic rings. The maximum Gasteiger partial charge on any atom is 0.119 e. The van der Waals surface area contributed by atoms with E-state index in [0.29, 0.717) is 5.92 Å². The minimum atomic E-state index is -0.411. The van der Waals surface area contributed by atoms with Crippen molar-refractivity contribution in [2.24, 2.45) is 5.92 Å². The van der Waals surface area contributed by atoms with Crippen molar-refractivity contribution in [2.45, 2.75) is 82.9 Å². The fourth-order valence-corrected chi connectivity index (χ4v) is 4.16. The summed E-state index contributed by atoms with van der Waals surface area (Å²) in [5, 5.41) is 13.4. The Balaban J connectivity index is 1.36. The molecular formula is C21H33NO2. The average Bonchev–Trinajstić information content (AvgIpc) is 2.62. The topological polar surface area (TPSA) is 41.5 Å². The zero-order chi connectivity index (χ0) is 16.8. The first-order valence-corrected chi connectivity index (χ1v) is 9.87. The Morgan fingerprint density at radius 1 is 0.958 bits per heavy atom. The summed E-state index contributed by atoms with van der Waals surface area (Å²) >= 11 is 0. The van der Waals surface area contributed by atoms with Gasteiger partial charge in [-0.1, -0.05) is 31.4 Å². The van der Waals surface area contributed by atoms with Crippen molar-refractivity contribution in [3.05, 3.63) is 29.8 Å². The molecule has 0 bridgehead atoms. The van der Waals surface area contributed by atoms with Crippen molar-refractivity contribution in [3.63, 3.8) is 0 Å². The van der Waals surface area contributed by atoms with Crippen LogP contribution in [0.4, 0.5) is 0 Å². The molecule has 2 saturated carbocycles. The number of aliphatic hydroxyl groups is 1. The smallest absolute Gasteiger partial charge is 0.119 e. The van der Waals surface area contributed by atoms with Crippen LogP contribution >= 0.6 is 0 Å². The van der Waals surface area contributed by atoms with Crippen LogP contribution in [0.2, 0.25) is 0 Å². The second kappa shape index (κ2) is 8.87. The number of nitrogens with one attached hydrogen (secondary N) is 1. The molecule has 0 aliphatic heterocycles. The summed E-state index contributed by atoms with van der Waals surface area (Å²) in [6.45, 7) is 2.61. The van der Waals surface area contributed by atoms with Gasteiger partial charge in [-0.05, 0) is 69.1 Å². The third-order valence-electron chi connectivity index (χ3n) is 5.77. The molecule has 3 nitrogen and oxygen atoms in total. The van der Waals surface area contributed by atoms with Gasteiger partial charge in [-0.25, -0.2) is 0 Å². The summed E-state index contributed by atoms with van der Waals surface area (Å²) in [4.78, 5) is 0. The Morgan fingerprint density at radius 2 is 1.58 bits per heavy atom. The van der Waals surface area contributed by atoms with Crippen molar-refractivity contribution in [1.29, 1.82) is 0 Å². The third-order valence-corrected chi connectivity index (χ3v) is 5.77. The standard InChI is InChI=1S/C21H33NO2/c1-16(23)18-9-13-21(14-10-18)24-15-17-7-11-20(12-8-17)22-19-5-3-2-4-6-19/h9-10,13-14,16-17,19-20,22-23H,2-8,11-12,15H2,1H3. The van der Waals surface area contributed by atoms with E-state index in [-0.39, 0.29) is 0 Å². The number of ether oxygens (including phenoxy) is 1. The molecule has 1 unspecified atom stereocenters. The lowest BCUT2D eigenvalue weighted by molar-refractivity contribution is 0.182. The fraction of sp³-hybridized carbons (Fsp3) is 0.714. The van der Waals surface area contributed by atoms with E-state index >= 15 is 0 Å². The molecule has 2 fully saturated rings. The average molecular weight is 332 g/mol. The normalized spacial score (nSPS) is 26.9. The van der Waals surface area contributed by atoms with Crippen LogP contribution in [-0.2, 0) is 0 Å². The zero-order valence-electron chi connectivity index (χ0n) is 15.0. The highest BCUT2D eigenvalue weighted by atomic mass is 16.5. The van der Waals surface area contributed by atoms with E-state index in [1.807, 2.05) is 24.3 Å². The molecule has 2 aliphatic carbocycles. The van der Waals surface area contributed by atoms with Gasteiger partial charge in [0.25, 0.3) is 0 Å². The SMILES string of the molecule is CC(O)c1ccc(OCC2CCC(NC3CCCCC3)CC2)cc1. The Kier molecular flexibility index (Phi) is 6.56. The number of aliphatic hydroxyl groups excluding tert-OH is 1. The minimum absolute atomic E-state index is 0.411. The molecule has 3 heteroatoms. The van der Waals surface area contributed by atoms with Gasteiger partial charge in [0, 0.05) is 12.1 Å². The first kappa shape index (κ1) is 17.8. The predicted octanol–water partition coefficient (Wildman–Crippen LogP) is 4.60. The molecule has 1 aromatic rings. The maximum atomic E-state index is 9.54. The van der Waals surface area contributed by atoms with Crippen molar-refractivity contribution in [2.75, 3.05) is 6.61 Å². The molecule has 0 heterocycles. The lowest BCUT2D eigenvalue weighted by Gasteiger charge is -2.33. The zero-order valence-corrected chi connectivity index (χ0v) is 15.0. The van der Waals surface area contributed by atoms with E-state index in [1.54, 1.807) is 6.92 Å². The summed E-state index contributed by atoms with van der Waals surface area (Å²) in [5.74, 6) is 1.60. The second-order valence-corrected chi connectivity index (χ2v) is 7.78. The van der Waals surface area contributed by atoms with Crippen molar-refractivity contribution in [1.82, 2.24) is 5.32 Å². The monoisotopic (exact) mass is 331 g/mol. The molecule has 0 saturated heterocycles. The largest absolute Gasteiger partial charge is 0.493 e. The van der Waals surface area contributed by atoms with Crippen molar-refractivity contribution < 1.29 is 9.84 Å². The van der Waals surface area contributed by atoms with Crippen LogP contribution in [0.15, 0.2) is 24.3 Å². The molecular weight excluding hydrogens is 298 g/mol. The Morgan fingerprint density at radius 3 is 2.21 bits per heavy atom.